The van der Waals surface area contributed by atoms with Gasteiger partial charge in [0.15, 0.2) is 0 Å². The molecule has 7 heteroatoms. The molecule has 0 bridgehead atoms. The average Bonchev–Trinajstić information content (AvgIpc) is 3.11. The van der Waals surface area contributed by atoms with Crippen molar-refractivity contribution in [3.63, 3.8) is 0 Å². The molecular weight excluding hydrogens is 358 g/mol. The Balaban J connectivity index is 1.60. The molecule has 140 valence electrons. The molecule has 3 rings (SSSR count). The molecule has 0 saturated carbocycles. The van der Waals surface area contributed by atoms with Crippen molar-refractivity contribution >= 4 is 17.2 Å². The molecule has 1 fully saturated rings. The van der Waals surface area contributed by atoms with Crippen LogP contribution in [0.4, 0.5) is 8.78 Å². The fourth-order valence-electron chi connectivity index (χ4n) is 3.00. The topological polar surface area (TPSA) is 50.4 Å². The van der Waals surface area contributed by atoms with Gasteiger partial charge in [-0.3, -0.25) is 4.79 Å². The van der Waals surface area contributed by atoms with Crippen molar-refractivity contribution in [2.45, 2.75) is 26.4 Å². The highest BCUT2D eigenvalue weighted by atomic mass is 32.1. The summed E-state index contributed by atoms with van der Waals surface area (Å²) in [6, 6.07) is 10.1. The monoisotopic (exact) mass is 380 g/mol. The maximum absolute atomic E-state index is 12.4. The lowest BCUT2D eigenvalue weighted by Gasteiger charge is -2.34. The fourth-order valence-corrected chi connectivity index (χ4v) is 3.93. The van der Waals surface area contributed by atoms with E-state index in [2.05, 4.69) is 22.3 Å². The highest BCUT2D eigenvalue weighted by Gasteiger charge is 2.27. The molecule has 1 amide bonds. The largest absolute Gasteiger partial charge is 0.435 e. The van der Waals surface area contributed by atoms with Crippen LogP contribution in [0, 0.1) is 5.41 Å². The number of nitrogens with one attached hydrogen (secondary N) is 2. The SMILES string of the molecule is CC1(CNC(=O)c2ccc(-c3ccc(OC(F)F)cc3)s2)CCNCC1. The number of carbonyl (C=O) groups is 1. The van der Waals surface area contributed by atoms with E-state index in [0.29, 0.717) is 11.4 Å². The van der Waals surface area contributed by atoms with E-state index < -0.39 is 6.61 Å². The van der Waals surface area contributed by atoms with E-state index in [0.717, 1.165) is 36.4 Å². The highest BCUT2D eigenvalue weighted by Crippen LogP contribution is 2.30. The molecule has 1 saturated heterocycles. The zero-order valence-electron chi connectivity index (χ0n) is 14.6. The quantitative estimate of drug-likeness (QED) is 0.792. The Morgan fingerprint density at radius 2 is 1.92 bits per heavy atom. The van der Waals surface area contributed by atoms with Crippen molar-refractivity contribution in [1.82, 2.24) is 10.6 Å². The van der Waals surface area contributed by atoms with E-state index in [1.807, 2.05) is 6.07 Å². The van der Waals surface area contributed by atoms with Crippen LogP contribution in [-0.4, -0.2) is 32.2 Å². The molecule has 1 aliphatic heterocycles. The summed E-state index contributed by atoms with van der Waals surface area (Å²) >= 11 is 1.39. The third kappa shape index (κ3) is 4.80. The van der Waals surface area contributed by atoms with Gasteiger partial charge in [-0.1, -0.05) is 6.92 Å². The Labute approximate surface area is 155 Å². The summed E-state index contributed by atoms with van der Waals surface area (Å²) in [7, 11) is 0. The van der Waals surface area contributed by atoms with Gasteiger partial charge >= 0.3 is 6.61 Å². The van der Waals surface area contributed by atoms with E-state index in [1.54, 1.807) is 18.2 Å². The van der Waals surface area contributed by atoms with Gasteiger partial charge < -0.3 is 15.4 Å². The summed E-state index contributed by atoms with van der Waals surface area (Å²) in [5.74, 6) is 0.0483. The molecule has 0 radical (unpaired) electrons. The molecule has 26 heavy (non-hydrogen) atoms. The second-order valence-electron chi connectivity index (χ2n) is 6.81. The number of ether oxygens (including phenoxy) is 1. The number of carbonyl (C=O) groups excluding carboxylic acids is 1. The average molecular weight is 380 g/mol. The summed E-state index contributed by atoms with van der Waals surface area (Å²) in [5, 5.41) is 6.38. The first-order valence-corrected chi connectivity index (χ1v) is 9.41. The number of hydrogen-bond acceptors (Lipinski definition) is 4. The van der Waals surface area contributed by atoms with Gasteiger partial charge in [-0.25, -0.2) is 0 Å². The van der Waals surface area contributed by atoms with E-state index >= 15 is 0 Å². The number of hydrogen-bond donors (Lipinski definition) is 2. The Bertz CT molecular complexity index is 740. The predicted molar refractivity (Wildman–Crippen MR) is 98.9 cm³/mol. The summed E-state index contributed by atoms with van der Waals surface area (Å²) in [4.78, 5) is 14.0. The van der Waals surface area contributed by atoms with Gasteiger partial charge in [0.05, 0.1) is 4.88 Å². The first-order valence-electron chi connectivity index (χ1n) is 8.59. The molecule has 0 aliphatic carbocycles. The molecule has 0 unspecified atom stereocenters. The van der Waals surface area contributed by atoms with Crippen LogP contribution in [0.15, 0.2) is 36.4 Å². The van der Waals surface area contributed by atoms with Gasteiger partial charge in [0.1, 0.15) is 5.75 Å². The second-order valence-corrected chi connectivity index (χ2v) is 7.89. The molecule has 1 aromatic carbocycles. The summed E-state index contributed by atoms with van der Waals surface area (Å²) in [5.41, 5.74) is 1.00. The van der Waals surface area contributed by atoms with Crippen LogP contribution in [0.2, 0.25) is 0 Å². The van der Waals surface area contributed by atoms with E-state index in [4.69, 9.17) is 0 Å². The Morgan fingerprint density at radius 3 is 2.58 bits per heavy atom. The van der Waals surface area contributed by atoms with Gasteiger partial charge in [0, 0.05) is 11.4 Å². The van der Waals surface area contributed by atoms with Crippen molar-refractivity contribution in [3.8, 4) is 16.2 Å². The van der Waals surface area contributed by atoms with Crippen molar-refractivity contribution < 1.29 is 18.3 Å². The minimum absolute atomic E-state index is 0.0707. The smallest absolute Gasteiger partial charge is 0.387 e. The van der Waals surface area contributed by atoms with Crippen LogP contribution < -0.4 is 15.4 Å². The van der Waals surface area contributed by atoms with Gasteiger partial charge in [0.2, 0.25) is 0 Å². The Hall–Kier alpha value is -1.99. The summed E-state index contributed by atoms with van der Waals surface area (Å²) in [6.45, 7) is 2.01. The van der Waals surface area contributed by atoms with Crippen LogP contribution >= 0.6 is 11.3 Å². The number of benzene rings is 1. The first-order chi connectivity index (χ1) is 12.5. The zero-order chi connectivity index (χ0) is 18.6. The normalized spacial score (nSPS) is 16.5. The molecule has 2 heterocycles. The van der Waals surface area contributed by atoms with E-state index in [1.165, 1.54) is 23.5 Å². The van der Waals surface area contributed by atoms with Crippen LogP contribution in [0.3, 0.4) is 0 Å². The number of halogens is 2. The summed E-state index contributed by atoms with van der Waals surface area (Å²) in [6.07, 6.45) is 2.10. The maximum atomic E-state index is 12.4. The number of thiophene rings is 1. The first kappa shape index (κ1) is 18.8. The lowest BCUT2D eigenvalue weighted by atomic mass is 9.81. The van der Waals surface area contributed by atoms with Gasteiger partial charge in [-0.05, 0) is 73.3 Å². The van der Waals surface area contributed by atoms with Crippen LogP contribution in [-0.2, 0) is 0 Å². The molecule has 2 N–H and O–H groups in total. The highest BCUT2D eigenvalue weighted by molar-refractivity contribution is 7.17. The van der Waals surface area contributed by atoms with Crippen molar-refractivity contribution in [2.24, 2.45) is 5.41 Å². The Morgan fingerprint density at radius 1 is 1.23 bits per heavy atom. The molecule has 4 nitrogen and oxygen atoms in total. The van der Waals surface area contributed by atoms with Crippen LogP contribution in [0.5, 0.6) is 5.75 Å². The zero-order valence-corrected chi connectivity index (χ0v) is 15.4. The van der Waals surface area contributed by atoms with Gasteiger partial charge in [0.25, 0.3) is 5.91 Å². The third-order valence-electron chi connectivity index (χ3n) is 4.68. The standard InChI is InChI=1S/C19H22F2N2O2S/c1-19(8-10-22-11-9-19)12-23-17(24)16-7-6-15(26-16)13-2-4-14(5-3-13)25-18(20)21/h2-7,18,22H,8-12H2,1H3,(H,23,24). The molecule has 1 aromatic heterocycles. The van der Waals surface area contributed by atoms with Crippen LogP contribution in [0.1, 0.15) is 29.4 Å². The molecular formula is C19H22F2N2O2S. The number of alkyl halides is 2. The summed E-state index contributed by atoms with van der Waals surface area (Å²) < 4.78 is 28.8. The minimum atomic E-state index is -2.83. The lowest BCUT2D eigenvalue weighted by Crippen LogP contribution is -2.42. The van der Waals surface area contributed by atoms with E-state index in [-0.39, 0.29) is 17.1 Å². The minimum Gasteiger partial charge on any atom is -0.435 e. The molecule has 2 aromatic rings. The molecule has 0 spiro atoms. The third-order valence-corrected chi connectivity index (χ3v) is 5.81. The number of piperidine rings is 1. The number of amides is 1. The number of rotatable bonds is 6. The van der Waals surface area contributed by atoms with Crippen molar-refractivity contribution in [1.29, 1.82) is 0 Å². The van der Waals surface area contributed by atoms with E-state index in [9.17, 15) is 13.6 Å². The Kier molecular flexibility index (Phi) is 5.88. The van der Waals surface area contributed by atoms with Crippen molar-refractivity contribution in [2.75, 3.05) is 19.6 Å². The second kappa shape index (κ2) is 8.14. The molecule has 1 aliphatic rings. The fraction of sp³-hybridized carbons (Fsp3) is 0.421. The van der Waals surface area contributed by atoms with Gasteiger partial charge in [-0.15, -0.1) is 11.3 Å². The lowest BCUT2D eigenvalue weighted by molar-refractivity contribution is -0.0498. The maximum Gasteiger partial charge on any atom is 0.387 e. The van der Waals surface area contributed by atoms with Crippen LogP contribution in [0.25, 0.3) is 10.4 Å². The predicted octanol–water partition coefficient (Wildman–Crippen LogP) is 4.14. The molecule has 0 atom stereocenters. The van der Waals surface area contributed by atoms with Crippen molar-refractivity contribution in [3.05, 3.63) is 41.3 Å². The van der Waals surface area contributed by atoms with Gasteiger partial charge in [-0.2, -0.15) is 8.78 Å².